The number of likely N-dealkylation sites (tertiary alicyclic amines) is 1. The molecule has 0 radical (unpaired) electrons. The van der Waals surface area contributed by atoms with Crippen LogP contribution in [-0.4, -0.2) is 43.6 Å². The van der Waals surface area contributed by atoms with Gasteiger partial charge in [-0.2, -0.15) is 0 Å². The van der Waals surface area contributed by atoms with Crippen molar-refractivity contribution in [2.45, 2.75) is 26.3 Å². The molecule has 0 spiro atoms. The van der Waals surface area contributed by atoms with Gasteiger partial charge in [-0.15, -0.1) is 5.92 Å². The second kappa shape index (κ2) is 9.04. The van der Waals surface area contributed by atoms with Gasteiger partial charge in [0.1, 0.15) is 23.3 Å². The SMILES string of the molecule is CC#CCN1CC[C@@H](n2c(=O)n(-c3ccc(Oc4ccccc4C)cc3)c3c(N)ncnc32)C1. The van der Waals surface area contributed by atoms with Gasteiger partial charge < -0.3 is 10.5 Å². The third-order valence-electron chi connectivity index (χ3n) is 6.19. The monoisotopic (exact) mass is 454 g/mol. The molecule has 0 saturated carbocycles. The summed E-state index contributed by atoms with van der Waals surface area (Å²) in [4.78, 5) is 24.5. The lowest BCUT2D eigenvalue weighted by atomic mass is 10.2. The Kier molecular flexibility index (Phi) is 5.78. The number of aryl methyl sites for hydroxylation is 1. The summed E-state index contributed by atoms with van der Waals surface area (Å²) in [6, 6.07) is 15.2. The van der Waals surface area contributed by atoms with Crippen LogP contribution in [-0.2, 0) is 0 Å². The minimum Gasteiger partial charge on any atom is -0.457 e. The lowest BCUT2D eigenvalue weighted by Crippen LogP contribution is -2.29. The molecule has 1 aliphatic heterocycles. The lowest BCUT2D eigenvalue weighted by molar-refractivity contribution is 0.362. The third kappa shape index (κ3) is 3.91. The first-order chi connectivity index (χ1) is 16.6. The Balaban J connectivity index is 1.53. The summed E-state index contributed by atoms with van der Waals surface area (Å²) in [7, 11) is 0. The molecule has 34 heavy (non-hydrogen) atoms. The molecule has 0 bridgehead atoms. The first kappa shape index (κ1) is 21.7. The van der Waals surface area contributed by atoms with Crippen molar-refractivity contribution in [1.82, 2.24) is 24.0 Å². The van der Waals surface area contributed by atoms with Gasteiger partial charge in [0.05, 0.1) is 18.3 Å². The highest BCUT2D eigenvalue weighted by atomic mass is 16.5. The number of ether oxygens (including phenoxy) is 1. The number of benzene rings is 2. The molecule has 1 fully saturated rings. The quantitative estimate of drug-likeness (QED) is 0.464. The Bertz CT molecular complexity index is 1460. The van der Waals surface area contributed by atoms with E-state index in [0.717, 1.165) is 30.8 Å². The van der Waals surface area contributed by atoms with E-state index in [1.165, 1.54) is 6.33 Å². The highest BCUT2D eigenvalue weighted by Crippen LogP contribution is 2.29. The van der Waals surface area contributed by atoms with E-state index in [2.05, 4.69) is 26.7 Å². The van der Waals surface area contributed by atoms with Gasteiger partial charge in [-0.1, -0.05) is 24.1 Å². The summed E-state index contributed by atoms with van der Waals surface area (Å²) in [6.45, 7) is 6.15. The zero-order valence-electron chi connectivity index (χ0n) is 19.2. The number of anilines is 1. The summed E-state index contributed by atoms with van der Waals surface area (Å²) < 4.78 is 9.36. The minimum absolute atomic E-state index is 0.00660. The predicted octanol–water partition coefficient (Wildman–Crippen LogP) is 3.54. The maximum atomic E-state index is 13.7. The van der Waals surface area contributed by atoms with Crippen molar-refractivity contribution in [2.75, 3.05) is 25.4 Å². The van der Waals surface area contributed by atoms with Gasteiger partial charge >= 0.3 is 5.69 Å². The van der Waals surface area contributed by atoms with Crippen LogP contribution in [0.5, 0.6) is 11.5 Å². The van der Waals surface area contributed by atoms with E-state index in [0.29, 0.717) is 29.1 Å². The van der Waals surface area contributed by atoms with E-state index in [1.807, 2.05) is 62.4 Å². The van der Waals surface area contributed by atoms with Gasteiger partial charge in [-0.05, 0) is 56.2 Å². The molecular formula is C26H26N6O2. The molecule has 2 aromatic heterocycles. The minimum atomic E-state index is -0.178. The Labute approximate surface area is 197 Å². The second-order valence-corrected chi connectivity index (χ2v) is 8.38. The first-order valence-corrected chi connectivity index (χ1v) is 11.3. The summed E-state index contributed by atoms with van der Waals surface area (Å²) in [5.41, 5.74) is 8.86. The van der Waals surface area contributed by atoms with Gasteiger partial charge in [0.25, 0.3) is 0 Å². The van der Waals surface area contributed by atoms with Gasteiger partial charge in [0.2, 0.25) is 0 Å². The van der Waals surface area contributed by atoms with Crippen molar-refractivity contribution in [3.05, 3.63) is 70.9 Å². The maximum Gasteiger partial charge on any atom is 0.335 e. The fourth-order valence-corrected chi connectivity index (χ4v) is 4.45. The number of nitrogens with zero attached hydrogens (tertiary/aromatic N) is 5. The maximum absolute atomic E-state index is 13.7. The Morgan fingerprint density at radius 3 is 2.71 bits per heavy atom. The Hall–Kier alpha value is -4.09. The van der Waals surface area contributed by atoms with Crippen LogP contribution >= 0.6 is 0 Å². The van der Waals surface area contributed by atoms with E-state index in [9.17, 15) is 4.79 Å². The number of hydrogen-bond acceptors (Lipinski definition) is 6. The molecule has 0 unspecified atom stereocenters. The number of para-hydroxylation sites is 1. The largest absolute Gasteiger partial charge is 0.457 e. The van der Waals surface area contributed by atoms with Crippen molar-refractivity contribution >= 4 is 17.0 Å². The van der Waals surface area contributed by atoms with E-state index in [4.69, 9.17) is 10.5 Å². The van der Waals surface area contributed by atoms with Crippen LogP contribution in [0.4, 0.5) is 5.82 Å². The topological polar surface area (TPSA) is 91.2 Å². The molecule has 1 aliphatic rings. The molecule has 1 saturated heterocycles. The fraction of sp³-hybridized carbons (Fsp3) is 0.269. The Morgan fingerprint density at radius 2 is 1.94 bits per heavy atom. The number of imidazole rings is 1. The second-order valence-electron chi connectivity index (χ2n) is 8.38. The van der Waals surface area contributed by atoms with Gasteiger partial charge in [0.15, 0.2) is 11.5 Å². The number of nitrogen functional groups attached to an aromatic ring is 1. The van der Waals surface area contributed by atoms with Crippen LogP contribution in [0.25, 0.3) is 16.9 Å². The molecule has 2 N–H and O–H groups in total. The van der Waals surface area contributed by atoms with Crippen LogP contribution < -0.4 is 16.2 Å². The van der Waals surface area contributed by atoms with Crippen LogP contribution in [0.3, 0.4) is 0 Å². The number of aromatic nitrogens is 4. The first-order valence-electron chi connectivity index (χ1n) is 11.3. The summed E-state index contributed by atoms with van der Waals surface area (Å²) in [6.07, 6.45) is 2.25. The number of hydrogen-bond donors (Lipinski definition) is 1. The van der Waals surface area contributed by atoms with E-state index < -0.39 is 0 Å². The zero-order valence-corrected chi connectivity index (χ0v) is 19.2. The molecular weight excluding hydrogens is 428 g/mol. The van der Waals surface area contributed by atoms with Gasteiger partial charge in [-0.3, -0.25) is 14.0 Å². The third-order valence-corrected chi connectivity index (χ3v) is 6.19. The Morgan fingerprint density at radius 1 is 1.15 bits per heavy atom. The molecule has 0 amide bonds. The van der Waals surface area contributed by atoms with E-state index in [-0.39, 0.29) is 17.5 Å². The average Bonchev–Trinajstić information content (AvgIpc) is 3.42. The van der Waals surface area contributed by atoms with Crippen LogP contribution in [0, 0.1) is 18.8 Å². The normalized spacial score (nSPS) is 15.9. The van der Waals surface area contributed by atoms with Crippen molar-refractivity contribution in [3.63, 3.8) is 0 Å². The number of fused-ring (bicyclic) bond motifs is 1. The molecule has 4 aromatic rings. The fourth-order valence-electron chi connectivity index (χ4n) is 4.45. The van der Waals surface area contributed by atoms with E-state index in [1.54, 1.807) is 9.13 Å². The molecule has 1 atom stereocenters. The summed E-state index contributed by atoms with van der Waals surface area (Å²) >= 11 is 0. The zero-order chi connectivity index (χ0) is 23.7. The van der Waals surface area contributed by atoms with Gasteiger partial charge in [-0.25, -0.2) is 14.8 Å². The molecule has 0 aliphatic carbocycles. The standard InChI is InChI=1S/C26H26N6O2/c1-3-4-14-30-15-13-20(16-30)32-25-23(24(27)28-17-29-25)31(26(32)33)19-9-11-21(12-10-19)34-22-8-6-5-7-18(22)2/h5-12,17,20H,13-16H2,1-2H3,(H2,27,28,29)/t20-/m1/s1. The molecule has 8 heteroatoms. The molecule has 2 aromatic carbocycles. The number of nitrogens with two attached hydrogens (primary N) is 1. The highest BCUT2D eigenvalue weighted by molar-refractivity contribution is 5.84. The van der Waals surface area contributed by atoms with Crippen molar-refractivity contribution < 1.29 is 4.74 Å². The van der Waals surface area contributed by atoms with Crippen molar-refractivity contribution in [1.29, 1.82) is 0 Å². The van der Waals surface area contributed by atoms with Crippen LogP contribution in [0.2, 0.25) is 0 Å². The average molecular weight is 455 g/mol. The van der Waals surface area contributed by atoms with Crippen LogP contribution in [0.15, 0.2) is 59.7 Å². The van der Waals surface area contributed by atoms with Crippen molar-refractivity contribution in [2.24, 2.45) is 0 Å². The number of rotatable bonds is 5. The summed E-state index contributed by atoms with van der Waals surface area (Å²) in [5, 5.41) is 0. The van der Waals surface area contributed by atoms with Gasteiger partial charge in [0, 0.05) is 13.1 Å². The molecule has 3 heterocycles. The lowest BCUT2D eigenvalue weighted by Gasteiger charge is -2.13. The van der Waals surface area contributed by atoms with Crippen molar-refractivity contribution in [3.8, 4) is 29.0 Å². The summed E-state index contributed by atoms with van der Waals surface area (Å²) in [5.74, 6) is 7.79. The smallest absolute Gasteiger partial charge is 0.335 e. The molecule has 5 rings (SSSR count). The molecule has 8 nitrogen and oxygen atoms in total. The van der Waals surface area contributed by atoms with Crippen LogP contribution in [0.1, 0.15) is 24.9 Å². The predicted molar refractivity (Wildman–Crippen MR) is 132 cm³/mol. The van der Waals surface area contributed by atoms with E-state index >= 15 is 0 Å². The highest BCUT2D eigenvalue weighted by Gasteiger charge is 2.29. The molecule has 172 valence electrons.